The van der Waals surface area contributed by atoms with Crippen LogP contribution in [0.25, 0.3) is 11.2 Å². The van der Waals surface area contributed by atoms with E-state index in [1.54, 1.807) is 0 Å². The van der Waals surface area contributed by atoms with Gasteiger partial charge >= 0.3 is 7.60 Å². The average Bonchev–Trinajstić information content (AvgIpc) is 3.50. The van der Waals surface area contributed by atoms with Crippen LogP contribution in [0.4, 0.5) is 5.82 Å². The number of nitrogens with zero attached hydrogens (tertiary/aromatic N) is 5. The Bertz CT molecular complexity index is 1240. The van der Waals surface area contributed by atoms with Gasteiger partial charge in [0, 0.05) is 19.6 Å². The summed E-state index contributed by atoms with van der Waals surface area (Å²) in [5.41, 5.74) is 1.19. The molecule has 3 fully saturated rings. The quantitative estimate of drug-likeness (QED) is 0.201. The van der Waals surface area contributed by atoms with Crippen LogP contribution >= 0.6 is 26.7 Å². The van der Waals surface area contributed by atoms with Crippen molar-refractivity contribution in [1.82, 2.24) is 24.6 Å². The maximum absolute atomic E-state index is 12.1. The van der Waals surface area contributed by atoms with Crippen molar-refractivity contribution in [2.75, 3.05) is 30.4 Å². The lowest BCUT2D eigenvalue weighted by Gasteiger charge is -2.39. The smallest absolute Gasteiger partial charge is 0.336 e. The van der Waals surface area contributed by atoms with Gasteiger partial charge in [0.1, 0.15) is 24.2 Å². The van der Waals surface area contributed by atoms with Crippen molar-refractivity contribution in [2.45, 2.75) is 63.1 Å². The lowest BCUT2D eigenvalue weighted by atomic mass is 9.77. The van der Waals surface area contributed by atoms with E-state index in [2.05, 4.69) is 24.9 Å². The highest BCUT2D eigenvalue weighted by Crippen LogP contribution is 2.52. The first-order chi connectivity index (χ1) is 17.4. The standard InChI is InChI=1S/C20H31ClN6O8P2/c21-19-24-16(26-7-5-20(6-8-26)3-1-2-4-20)13-17(25-19)27(10-22-13)18-15(29)14(28)12(35-18)9-23-36(30,31)11-37(32,33)34/h10,12,14-15,18,28-29H,1-9,11H2,(H2,23,30,31)(H2,32,33,34)/t12-,14?,15?,18-/m1/s1. The Morgan fingerprint density at radius 2 is 1.76 bits per heavy atom. The third-order valence-corrected chi connectivity index (χ3v) is 11.5. The number of ether oxygens (including phenoxy) is 1. The predicted octanol–water partition coefficient (Wildman–Crippen LogP) is 1.17. The molecule has 3 aliphatic rings. The minimum atomic E-state index is -4.76. The first-order valence-electron chi connectivity index (χ1n) is 12.1. The molecule has 6 N–H and O–H groups in total. The van der Waals surface area contributed by atoms with E-state index in [1.807, 2.05) is 0 Å². The molecule has 2 aromatic rings. The summed E-state index contributed by atoms with van der Waals surface area (Å²) in [6.07, 6.45) is 3.40. The number of imidazole rings is 1. The number of aromatic nitrogens is 4. The zero-order valence-electron chi connectivity index (χ0n) is 19.9. The molecule has 5 rings (SSSR count). The minimum absolute atomic E-state index is 0.00434. The second kappa shape index (κ2) is 10.1. The highest BCUT2D eigenvalue weighted by Gasteiger charge is 2.45. The number of aliphatic hydroxyl groups excluding tert-OH is 2. The van der Waals surface area contributed by atoms with Gasteiger partial charge in [-0.25, -0.2) is 10.1 Å². The number of piperidine rings is 1. The fourth-order valence-electron chi connectivity index (χ4n) is 5.76. The van der Waals surface area contributed by atoms with Crippen molar-refractivity contribution in [2.24, 2.45) is 5.41 Å². The molecule has 2 saturated heterocycles. The number of hydrogen-bond acceptors (Lipinski definition) is 9. The van der Waals surface area contributed by atoms with Crippen LogP contribution in [-0.2, 0) is 13.9 Å². The van der Waals surface area contributed by atoms with Gasteiger partial charge < -0.3 is 34.5 Å². The van der Waals surface area contributed by atoms with E-state index in [1.165, 1.54) is 36.6 Å². The van der Waals surface area contributed by atoms with E-state index >= 15 is 0 Å². The highest BCUT2D eigenvalue weighted by atomic mass is 35.5. The lowest BCUT2D eigenvalue weighted by molar-refractivity contribution is -0.0331. The Hall–Kier alpha value is -1.18. The summed E-state index contributed by atoms with van der Waals surface area (Å²) in [6, 6.07) is 0. The van der Waals surface area contributed by atoms with Crippen molar-refractivity contribution in [3.05, 3.63) is 11.6 Å². The number of hydrogen-bond donors (Lipinski definition) is 6. The van der Waals surface area contributed by atoms with Crippen LogP contribution in [0, 0.1) is 5.41 Å². The SMILES string of the molecule is O=P(O)(O)CP(=O)(O)NC[C@H]1O[C@@H](n2cnc3c(N4CCC5(CCCC5)CC4)nc(Cl)nc32)C(O)C1O. The van der Waals surface area contributed by atoms with Crippen molar-refractivity contribution in [1.29, 1.82) is 0 Å². The van der Waals surface area contributed by atoms with Crippen molar-refractivity contribution in [3.63, 3.8) is 0 Å². The first-order valence-corrected chi connectivity index (χ1v) is 16.2. The first kappa shape index (κ1) is 27.4. The van der Waals surface area contributed by atoms with Crippen LogP contribution in [0.3, 0.4) is 0 Å². The summed E-state index contributed by atoms with van der Waals surface area (Å²) in [4.78, 5) is 43.1. The van der Waals surface area contributed by atoms with Crippen LogP contribution < -0.4 is 9.99 Å². The monoisotopic (exact) mass is 580 g/mol. The van der Waals surface area contributed by atoms with E-state index in [0.29, 0.717) is 22.4 Å². The fourth-order valence-corrected chi connectivity index (χ4v) is 8.78. The summed E-state index contributed by atoms with van der Waals surface area (Å²) >= 11 is 6.27. The number of nitrogens with one attached hydrogen (secondary N) is 1. The molecule has 3 unspecified atom stereocenters. The Balaban J connectivity index is 1.34. The molecule has 206 valence electrons. The average molecular weight is 581 g/mol. The minimum Gasteiger partial charge on any atom is -0.387 e. The molecule has 0 bridgehead atoms. The van der Waals surface area contributed by atoms with E-state index in [9.17, 15) is 24.2 Å². The van der Waals surface area contributed by atoms with Gasteiger partial charge in [-0.1, -0.05) is 12.8 Å². The molecule has 14 nitrogen and oxygen atoms in total. The highest BCUT2D eigenvalue weighted by molar-refractivity contribution is 7.71. The van der Waals surface area contributed by atoms with Gasteiger partial charge in [0.05, 0.1) is 6.33 Å². The molecule has 1 saturated carbocycles. The van der Waals surface area contributed by atoms with Gasteiger partial charge in [0.2, 0.25) is 5.28 Å². The van der Waals surface area contributed by atoms with Crippen molar-refractivity contribution < 1.29 is 38.8 Å². The van der Waals surface area contributed by atoms with Crippen LogP contribution in [0.5, 0.6) is 0 Å². The van der Waals surface area contributed by atoms with Crippen LogP contribution in [0.2, 0.25) is 5.28 Å². The van der Waals surface area contributed by atoms with E-state index in [4.69, 9.17) is 26.1 Å². The van der Waals surface area contributed by atoms with Crippen LogP contribution in [0.15, 0.2) is 6.33 Å². The second-order valence-electron chi connectivity index (χ2n) is 10.3. The van der Waals surface area contributed by atoms with Gasteiger partial charge in [0.15, 0.2) is 23.2 Å². The van der Waals surface area contributed by atoms with E-state index < -0.39 is 52.1 Å². The molecular weight excluding hydrogens is 550 g/mol. The topological polar surface area (TPSA) is 203 Å². The molecule has 5 atom stereocenters. The molecule has 17 heteroatoms. The third kappa shape index (κ3) is 5.74. The zero-order valence-corrected chi connectivity index (χ0v) is 22.5. The van der Waals surface area contributed by atoms with Gasteiger partial charge in [0.25, 0.3) is 7.52 Å². The van der Waals surface area contributed by atoms with Crippen LogP contribution in [0.1, 0.15) is 44.8 Å². The Morgan fingerprint density at radius 3 is 2.41 bits per heavy atom. The Kier molecular flexibility index (Phi) is 7.47. The number of rotatable bonds is 7. The Labute approximate surface area is 217 Å². The number of anilines is 1. The molecule has 1 aliphatic carbocycles. The molecule has 0 amide bonds. The van der Waals surface area contributed by atoms with Crippen molar-refractivity contribution in [3.8, 4) is 0 Å². The van der Waals surface area contributed by atoms with E-state index in [-0.39, 0.29) is 5.28 Å². The van der Waals surface area contributed by atoms with Gasteiger partial charge in [-0.05, 0) is 42.7 Å². The molecular formula is C20H31ClN6O8P2. The fraction of sp³-hybridized carbons (Fsp3) is 0.750. The molecule has 2 aliphatic heterocycles. The van der Waals surface area contributed by atoms with Crippen LogP contribution in [-0.4, -0.2) is 88.3 Å². The van der Waals surface area contributed by atoms with E-state index in [0.717, 1.165) is 25.9 Å². The Morgan fingerprint density at radius 1 is 1.08 bits per heavy atom. The normalized spacial score (nSPS) is 29.8. The molecule has 0 aromatic carbocycles. The molecule has 0 radical (unpaired) electrons. The number of fused-ring (bicyclic) bond motifs is 1. The molecule has 4 heterocycles. The maximum atomic E-state index is 12.1. The van der Waals surface area contributed by atoms with Gasteiger partial charge in [-0.3, -0.25) is 13.7 Å². The molecule has 1 spiro atoms. The maximum Gasteiger partial charge on any atom is 0.336 e. The summed E-state index contributed by atoms with van der Waals surface area (Å²) < 4.78 is 30.4. The predicted molar refractivity (Wildman–Crippen MR) is 133 cm³/mol. The summed E-state index contributed by atoms with van der Waals surface area (Å²) in [7, 11) is -9.18. The third-order valence-electron chi connectivity index (χ3n) is 7.69. The second-order valence-corrected chi connectivity index (χ2v) is 14.8. The number of aliphatic hydroxyl groups is 2. The molecule has 37 heavy (non-hydrogen) atoms. The van der Waals surface area contributed by atoms with Crippen molar-refractivity contribution >= 4 is 43.7 Å². The van der Waals surface area contributed by atoms with Gasteiger partial charge in [-0.15, -0.1) is 0 Å². The summed E-state index contributed by atoms with van der Waals surface area (Å²) in [6.45, 7) is 1.20. The summed E-state index contributed by atoms with van der Waals surface area (Å²) in [5, 5.41) is 23.3. The zero-order chi connectivity index (χ0) is 26.6. The largest absolute Gasteiger partial charge is 0.387 e. The number of halogens is 1. The lowest BCUT2D eigenvalue weighted by Crippen LogP contribution is -2.39. The summed E-state index contributed by atoms with van der Waals surface area (Å²) in [5.74, 6) is -0.678. The molecule has 2 aromatic heterocycles. The van der Waals surface area contributed by atoms with Gasteiger partial charge in [-0.2, -0.15) is 9.97 Å².